The Hall–Kier alpha value is 0.0900. The molecule has 0 aliphatic rings. The van der Waals surface area contributed by atoms with Gasteiger partial charge in [0.15, 0.2) is 0 Å². The fourth-order valence-corrected chi connectivity index (χ4v) is 2.60. The average molecular weight is 285 g/mol. The van der Waals surface area contributed by atoms with Crippen molar-refractivity contribution < 1.29 is 0 Å². The molecule has 19 heavy (non-hydrogen) atoms. The first-order chi connectivity index (χ1) is 9.12. The lowest BCUT2D eigenvalue weighted by Gasteiger charge is -2.17. The molecule has 0 aliphatic carbocycles. The second kappa shape index (κ2) is 13.1. The molecule has 0 N–H and O–H groups in total. The van der Waals surface area contributed by atoms with E-state index >= 15 is 0 Å². The molecule has 0 saturated carbocycles. The minimum atomic E-state index is 0.272. The predicted octanol–water partition coefficient (Wildman–Crippen LogP) is 7.10. The van der Waals surface area contributed by atoms with Gasteiger partial charge in [-0.1, -0.05) is 110 Å². The molecule has 0 amide bonds. The molecule has 0 radical (unpaired) electrons. The van der Waals surface area contributed by atoms with Crippen molar-refractivity contribution in [2.45, 2.75) is 104 Å². The number of hydrogen-bond acceptors (Lipinski definition) is 1. The number of hydrogen-bond donors (Lipinski definition) is 0. The molecule has 0 fully saturated rings. The smallest absolute Gasteiger partial charge is 0.00702 e. The molecule has 0 nitrogen and oxygen atoms in total. The van der Waals surface area contributed by atoms with Crippen molar-refractivity contribution in [3.63, 3.8) is 0 Å². The van der Waals surface area contributed by atoms with Crippen LogP contribution >= 0.6 is 12.2 Å². The number of unbranched alkanes of at least 4 members (excludes halogenated alkanes) is 11. The van der Waals surface area contributed by atoms with Gasteiger partial charge in [-0.3, -0.25) is 0 Å². The first-order valence-electron chi connectivity index (χ1n) is 8.59. The van der Waals surface area contributed by atoms with Crippen molar-refractivity contribution in [3.8, 4) is 0 Å². The highest BCUT2D eigenvalue weighted by atomic mass is 32.1. The molecule has 0 aromatic carbocycles. The molecular formula is C18H36S. The Morgan fingerprint density at radius 3 is 1.42 bits per heavy atom. The fourth-order valence-electron chi connectivity index (χ4n) is 2.48. The van der Waals surface area contributed by atoms with E-state index in [1.54, 1.807) is 0 Å². The van der Waals surface area contributed by atoms with Crippen molar-refractivity contribution in [2.24, 2.45) is 5.41 Å². The lowest BCUT2D eigenvalue weighted by Crippen LogP contribution is -2.10. The molecule has 0 aromatic rings. The lowest BCUT2D eigenvalue weighted by molar-refractivity contribution is 0.449. The van der Waals surface area contributed by atoms with Crippen LogP contribution in [0.15, 0.2) is 0 Å². The Morgan fingerprint density at radius 1 is 0.684 bits per heavy atom. The molecule has 0 saturated heterocycles. The van der Waals surface area contributed by atoms with Crippen LogP contribution in [0.5, 0.6) is 0 Å². The van der Waals surface area contributed by atoms with Gasteiger partial charge in [0, 0.05) is 0 Å². The third-order valence-corrected chi connectivity index (χ3v) is 4.63. The Bertz CT molecular complexity index is 196. The van der Waals surface area contributed by atoms with Crippen molar-refractivity contribution in [2.75, 3.05) is 0 Å². The van der Waals surface area contributed by atoms with Crippen molar-refractivity contribution in [1.82, 2.24) is 0 Å². The standard InChI is InChI=1S/C18H36S/c1-4-5-6-7-8-9-10-11-12-13-14-15-16-18(2,3)17-19/h17H,4-16H2,1-3H3. The Balaban J connectivity index is 3.09. The molecule has 1 heteroatoms. The maximum Gasteiger partial charge on any atom is -0.00702 e. The van der Waals surface area contributed by atoms with Crippen LogP contribution in [0.4, 0.5) is 0 Å². The molecular weight excluding hydrogens is 248 g/mol. The van der Waals surface area contributed by atoms with Gasteiger partial charge < -0.3 is 0 Å². The zero-order valence-electron chi connectivity index (χ0n) is 13.7. The second-order valence-electron chi connectivity index (χ2n) is 6.75. The summed E-state index contributed by atoms with van der Waals surface area (Å²) in [6, 6.07) is 0. The van der Waals surface area contributed by atoms with E-state index in [0.29, 0.717) is 0 Å². The van der Waals surface area contributed by atoms with Crippen LogP contribution in [0.1, 0.15) is 104 Å². The van der Waals surface area contributed by atoms with Gasteiger partial charge in [0.1, 0.15) is 0 Å². The molecule has 0 atom stereocenters. The Morgan fingerprint density at radius 2 is 1.05 bits per heavy atom. The third-order valence-electron chi connectivity index (χ3n) is 3.99. The van der Waals surface area contributed by atoms with Crippen LogP contribution in [-0.4, -0.2) is 5.37 Å². The van der Waals surface area contributed by atoms with E-state index in [4.69, 9.17) is 12.2 Å². The summed E-state index contributed by atoms with van der Waals surface area (Å²) in [6.45, 7) is 6.78. The van der Waals surface area contributed by atoms with Crippen molar-refractivity contribution in [3.05, 3.63) is 0 Å². The van der Waals surface area contributed by atoms with Gasteiger partial charge in [0.2, 0.25) is 0 Å². The van der Waals surface area contributed by atoms with E-state index in [-0.39, 0.29) is 5.41 Å². The van der Waals surface area contributed by atoms with Crippen LogP contribution in [0.25, 0.3) is 0 Å². The van der Waals surface area contributed by atoms with Crippen molar-refractivity contribution >= 4 is 17.6 Å². The highest BCUT2D eigenvalue weighted by molar-refractivity contribution is 7.79. The van der Waals surface area contributed by atoms with E-state index in [0.717, 1.165) is 0 Å². The zero-order chi connectivity index (χ0) is 14.4. The van der Waals surface area contributed by atoms with E-state index in [1.165, 1.54) is 83.5 Å². The SMILES string of the molecule is CCCCCCCCCCCCCCC(C)(C)C=S. The van der Waals surface area contributed by atoms with Crippen LogP contribution in [0.3, 0.4) is 0 Å². The van der Waals surface area contributed by atoms with E-state index < -0.39 is 0 Å². The molecule has 0 aliphatic heterocycles. The topological polar surface area (TPSA) is 0 Å². The van der Waals surface area contributed by atoms with Gasteiger partial charge in [-0.15, -0.1) is 0 Å². The number of thiocarbonyl (C=S) groups is 1. The Labute approximate surface area is 127 Å². The Kier molecular flexibility index (Phi) is 13.2. The van der Waals surface area contributed by atoms with Gasteiger partial charge in [0.25, 0.3) is 0 Å². The summed E-state index contributed by atoms with van der Waals surface area (Å²) in [5, 5.41) is 1.94. The molecule has 0 rings (SSSR count). The van der Waals surface area contributed by atoms with Gasteiger partial charge >= 0.3 is 0 Å². The van der Waals surface area contributed by atoms with Crippen LogP contribution < -0.4 is 0 Å². The summed E-state index contributed by atoms with van der Waals surface area (Å²) >= 11 is 5.05. The quantitative estimate of drug-likeness (QED) is 0.242. The first kappa shape index (κ1) is 19.1. The van der Waals surface area contributed by atoms with Gasteiger partial charge in [-0.2, -0.15) is 0 Å². The predicted molar refractivity (Wildman–Crippen MR) is 93.1 cm³/mol. The van der Waals surface area contributed by atoms with Crippen LogP contribution in [-0.2, 0) is 0 Å². The molecule has 0 unspecified atom stereocenters. The van der Waals surface area contributed by atoms with Crippen LogP contribution in [0, 0.1) is 5.41 Å². The van der Waals surface area contributed by atoms with Crippen LogP contribution in [0.2, 0.25) is 0 Å². The minimum absolute atomic E-state index is 0.272. The van der Waals surface area contributed by atoms with Gasteiger partial charge in [-0.25, -0.2) is 0 Å². The lowest BCUT2D eigenvalue weighted by atomic mass is 9.89. The second-order valence-corrected chi connectivity index (χ2v) is 6.98. The first-order valence-corrected chi connectivity index (χ1v) is 9.06. The van der Waals surface area contributed by atoms with E-state index in [9.17, 15) is 0 Å². The maximum absolute atomic E-state index is 5.05. The summed E-state index contributed by atoms with van der Waals surface area (Å²) in [5.74, 6) is 0. The molecule has 0 aromatic heterocycles. The largest absolute Gasteiger partial charge is 0.0929 e. The third kappa shape index (κ3) is 14.3. The summed E-state index contributed by atoms with van der Waals surface area (Å²) in [4.78, 5) is 0. The monoisotopic (exact) mass is 284 g/mol. The van der Waals surface area contributed by atoms with E-state index in [2.05, 4.69) is 20.8 Å². The molecule has 0 spiro atoms. The fraction of sp³-hybridized carbons (Fsp3) is 0.944. The molecule has 0 bridgehead atoms. The van der Waals surface area contributed by atoms with Gasteiger partial charge in [-0.05, 0) is 17.2 Å². The molecule has 114 valence electrons. The summed E-state index contributed by atoms with van der Waals surface area (Å²) in [5.41, 5.74) is 0.272. The van der Waals surface area contributed by atoms with Gasteiger partial charge in [0.05, 0.1) is 0 Å². The zero-order valence-corrected chi connectivity index (χ0v) is 14.5. The highest BCUT2D eigenvalue weighted by Crippen LogP contribution is 2.22. The summed E-state index contributed by atoms with van der Waals surface area (Å²) in [7, 11) is 0. The van der Waals surface area contributed by atoms with Crippen molar-refractivity contribution in [1.29, 1.82) is 0 Å². The van der Waals surface area contributed by atoms with E-state index in [1.807, 2.05) is 5.37 Å². The maximum atomic E-state index is 5.05. The average Bonchev–Trinajstić information content (AvgIpc) is 2.40. The molecule has 0 heterocycles. The summed E-state index contributed by atoms with van der Waals surface area (Å²) in [6.07, 6.45) is 18.4. The minimum Gasteiger partial charge on any atom is -0.0929 e. The summed E-state index contributed by atoms with van der Waals surface area (Å²) < 4.78 is 0. The number of rotatable bonds is 14. The highest BCUT2D eigenvalue weighted by Gasteiger charge is 2.12. The normalized spacial score (nSPS) is 11.7.